The summed E-state index contributed by atoms with van der Waals surface area (Å²) in [5, 5.41) is 6.44. The van der Waals surface area contributed by atoms with Crippen LogP contribution in [-0.4, -0.2) is 18.2 Å². The molecule has 1 aliphatic heterocycles. The maximum absolute atomic E-state index is 12.1. The van der Waals surface area contributed by atoms with Gasteiger partial charge in [-0.3, -0.25) is 0 Å². The number of thiocarbonyl (C=S) groups is 1. The number of hydrogen-bond acceptors (Lipinski definition) is 4. The Bertz CT molecular complexity index is 827. The van der Waals surface area contributed by atoms with Crippen LogP contribution in [0.3, 0.4) is 0 Å². The van der Waals surface area contributed by atoms with Gasteiger partial charge in [-0.1, -0.05) is 28.1 Å². The molecule has 0 bridgehead atoms. The van der Waals surface area contributed by atoms with Crippen LogP contribution in [0.4, 0.5) is 0 Å². The van der Waals surface area contributed by atoms with Crippen molar-refractivity contribution in [1.82, 2.24) is 10.6 Å². The van der Waals surface area contributed by atoms with Crippen LogP contribution in [0.15, 0.2) is 56.6 Å². The summed E-state index contributed by atoms with van der Waals surface area (Å²) in [6, 6.07) is 11.0. The molecule has 0 saturated carbocycles. The molecule has 3 rings (SSSR count). The predicted molar refractivity (Wildman–Crippen MR) is 98.2 cm³/mol. The van der Waals surface area contributed by atoms with Crippen LogP contribution in [0.5, 0.6) is 0 Å². The third-order valence-electron chi connectivity index (χ3n) is 3.71. The number of benzene rings is 1. The van der Waals surface area contributed by atoms with Crippen molar-refractivity contribution in [3.63, 3.8) is 0 Å². The zero-order valence-corrected chi connectivity index (χ0v) is 15.5. The second kappa shape index (κ2) is 6.78. The Kier molecular flexibility index (Phi) is 4.73. The highest BCUT2D eigenvalue weighted by Crippen LogP contribution is 2.32. The second-order valence-electron chi connectivity index (χ2n) is 5.27. The number of ether oxygens (including phenoxy) is 1. The lowest BCUT2D eigenvalue weighted by Gasteiger charge is -2.27. The third-order valence-corrected chi connectivity index (χ3v) is 4.46. The van der Waals surface area contributed by atoms with Gasteiger partial charge in [-0.25, -0.2) is 4.79 Å². The van der Waals surface area contributed by atoms with Crippen LogP contribution in [-0.2, 0) is 9.53 Å². The molecule has 24 heavy (non-hydrogen) atoms. The third kappa shape index (κ3) is 3.22. The van der Waals surface area contributed by atoms with Crippen molar-refractivity contribution in [2.45, 2.75) is 13.0 Å². The van der Waals surface area contributed by atoms with E-state index in [0.29, 0.717) is 27.9 Å². The van der Waals surface area contributed by atoms with Gasteiger partial charge in [0.1, 0.15) is 17.6 Å². The first-order valence-electron chi connectivity index (χ1n) is 7.22. The minimum atomic E-state index is -0.490. The first kappa shape index (κ1) is 16.7. The molecule has 5 nitrogen and oxygen atoms in total. The lowest BCUT2D eigenvalue weighted by atomic mass is 10.0. The molecule has 2 aromatic rings. The highest BCUT2D eigenvalue weighted by atomic mass is 79.9. The number of rotatable bonds is 3. The van der Waals surface area contributed by atoms with Gasteiger partial charge in [0.15, 0.2) is 5.11 Å². The second-order valence-corrected chi connectivity index (χ2v) is 6.59. The quantitative estimate of drug-likeness (QED) is 0.598. The number of hydrogen-bond donors (Lipinski definition) is 2. The number of nitrogens with one attached hydrogen (secondary N) is 2. The Morgan fingerprint density at radius 2 is 1.96 bits per heavy atom. The van der Waals surface area contributed by atoms with E-state index in [2.05, 4.69) is 26.6 Å². The molecule has 2 heterocycles. The molecule has 0 radical (unpaired) electrons. The number of carbonyl (C=O) groups excluding carboxylic acids is 1. The van der Waals surface area contributed by atoms with E-state index in [-0.39, 0.29) is 0 Å². The SMILES string of the molecule is COC(=O)C1=C(C)NC(=S)N[C@H]1c1ccc(-c2ccc(Br)cc2)o1. The molecule has 0 unspecified atom stereocenters. The van der Waals surface area contributed by atoms with Crippen molar-refractivity contribution < 1.29 is 13.9 Å². The highest BCUT2D eigenvalue weighted by Gasteiger charge is 2.32. The summed E-state index contributed by atoms with van der Waals surface area (Å²) in [5.74, 6) is 0.878. The number of carbonyl (C=O) groups is 1. The van der Waals surface area contributed by atoms with Crippen molar-refractivity contribution in [2.75, 3.05) is 7.11 Å². The van der Waals surface area contributed by atoms with Gasteiger partial charge in [0.2, 0.25) is 0 Å². The molecule has 0 fully saturated rings. The molecular weight excluding hydrogens is 392 g/mol. The van der Waals surface area contributed by atoms with Crippen LogP contribution < -0.4 is 10.6 Å². The Labute approximate surface area is 153 Å². The van der Waals surface area contributed by atoms with Crippen molar-refractivity contribution in [2.24, 2.45) is 0 Å². The molecule has 0 aliphatic carbocycles. The first-order chi connectivity index (χ1) is 11.5. The van der Waals surface area contributed by atoms with E-state index in [1.54, 1.807) is 6.92 Å². The topological polar surface area (TPSA) is 63.5 Å². The summed E-state index contributed by atoms with van der Waals surface area (Å²) in [5.41, 5.74) is 2.04. The van der Waals surface area contributed by atoms with Gasteiger partial charge in [0, 0.05) is 15.7 Å². The molecule has 0 spiro atoms. The molecular formula is C17H15BrN2O3S. The fraction of sp³-hybridized carbons (Fsp3) is 0.176. The average Bonchev–Trinajstić information content (AvgIpc) is 3.04. The van der Waals surface area contributed by atoms with E-state index >= 15 is 0 Å². The molecule has 1 atom stereocenters. The van der Waals surface area contributed by atoms with Crippen molar-refractivity contribution in [3.05, 3.63) is 57.9 Å². The average molecular weight is 407 g/mol. The minimum Gasteiger partial charge on any atom is -0.466 e. The van der Waals surface area contributed by atoms with Crippen LogP contribution in [0.25, 0.3) is 11.3 Å². The molecule has 1 aromatic heterocycles. The summed E-state index contributed by atoms with van der Waals surface area (Å²) in [6.07, 6.45) is 0. The predicted octanol–water partition coefficient (Wildman–Crippen LogP) is 3.67. The van der Waals surface area contributed by atoms with E-state index in [1.165, 1.54) is 7.11 Å². The van der Waals surface area contributed by atoms with E-state index in [4.69, 9.17) is 21.4 Å². The lowest BCUT2D eigenvalue weighted by molar-refractivity contribution is -0.136. The molecule has 0 amide bonds. The van der Waals surface area contributed by atoms with Crippen LogP contribution in [0.2, 0.25) is 0 Å². The summed E-state index contributed by atoms with van der Waals surface area (Å²) >= 11 is 8.61. The molecule has 1 aliphatic rings. The smallest absolute Gasteiger partial charge is 0.338 e. The normalized spacial score (nSPS) is 17.3. The number of furan rings is 1. The summed E-state index contributed by atoms with van der Waals surface area (Å²) < 4.78 is 11.8. The maximum atomic E-state index is 12.1. The number of esters is 1. The maximum Gasteiger partial charge on any atom is 0.338 e. The van der Waals surface area contributed by atoms with Crippen molar-refractivity contribution in [1.29, 1.82) is 0 Å². The standard InChI is InChI=1S/C17H15BrN2O3S/c1-9-14(16(21)22-2)15(20-17(24)19-9)13-8-7-12(23-13)10-3-5-11(18)6-4-10/h3-8,15H,1-2H3,(H2,19,20,24)/t15-/m0/s1. The number of methoxy groups -OCH3 is 1. The Morgan fingerprint density at radius 1 is 1.25 bits per heavy atom. The highest BCUT2D eigenvalue weighted by molar-refractivity contribution is 9.10. The van der Waals surface area contributed by atoms with Gasteiger partial charge in [0.25, 0.3) is 0 Å². The summed E-state index contributed by atoms with van der Waals surface area (Å²) in [7, 11) is 1.35. The van der Waals surface area contributed by atoms with Gasteiger partial charge >= 0.3 is 5.97 Å². The molecule has 0 saturated heterocycles. The van der Waals surface area contributed by atoms with Crippen LogP contribution in [0.1, 0.15) is 18.7 Å². The molecule has 7 heteroatoms. The van der Waals surface area contributed by atoms with Crippen LogP contribution >= 0.6 is 28.1 Å². The Morgan fingerprint density at radius 3 is 2.62 bits per heavy atom. The Balaban J connectivity index is 1.98. The molecule has 2 N–H and O–H groups in total. The van der Waals surface area contributed by atoms with E-state index < -0.39 is 12.0 Å². The van der Waals surface area contributed by atoms with E-state index in [1.807, 2.05) is 36.4 Å². The van der Waals surface area contributed by atoms with E-state index in [9.17, 15) is 4.79 Å². The van der Waals surface area contributed by atoms with Gasteiger partial charge in [-0.15, -0.1) is 0 Å². The zero-order chi connectivity index (χ0) is 17.3. The first-order valence-corrected chi connectivity index (χ1v) is 8.42. The van der Waals surface area contributed by atoms with Crippen molar-refractivity contribution >= 4 is 39.2 Å². The fourth-order valence-corrected chi connectivity index (χ4v) is 3.10. The summed E-state index contributed by atoms with van der Waals surface area (Å²) in [6.45, 7) is 1.78. The minimum absolute atomic E-state index is 0.429. The fourth-order valence-electron chi connectivity index (χ4n) is 2.57. The molecule has 124 valence electrons. The van der Waals surface area contributed by atoms with Gasteiger partial charge in [-0.05, 0) is 43.4 Å². The largest absolute Gasteiger partial charge is 0.466 e. The van der Waals surface area contributed by atoms with Gasteiger partial charge in [0.05, 0.1) is 12.7 Å². The van der Waals surface area contributed by atoms with Gasteiger partial charge < -0.3 is 19.8 Å². The lowest BCUT2D eigenvalue weighted by Crippen LogP contribution is -2.44. The molecule has 1 aromatic carbocycles. The summed E-state index contributed by atoms with van der Waals surface area (Å²) in [4.78, 5) is 12.1. The van der Waals surface area contributed by atoms with Crippen molar-refractivity contribution in [3.8, 4) is 11.3 Å². The monoisotopic (exact) mass is 406 g/mol. The zero-order valence-electron chi connectivity index (χ0n) is 13.1. The van der Waals surface area contributed by atoms with Crippen LogP contribution in [0, 0.1) is 0 Å². The number of allylic oxidation sites excluding steroid dienone is 1. The van der Waals surface area contributed by atoms with E-state index in [0.717, 1.165) is 10.0 Å². The van der Waals surface area contributed by atoms with Gasteiger partial charge in [-0.2, -0.15) is 0 Å². The number of halogens is 1. The Hall–Kier alpha value is -2.12.